The van der Waals surface area contributed by atoms with Crippen molar-refractivity contribution in [3.05, 3.63) is 107 Å². The monoisotopic (exact) mass is 1060 g/mol. The lowest BCUT2D eigenvalue weighted by Crippen LogP contribution is -2.82. The molecule has 4 fully saturated rings. The van der Waals surface area contributed by atoms with Crippen molar-refractivity contribution in [2.45, 2.75) is 157 Å². The Balaban J connectivity index is 1.06. The summed E-state index contributed by atoms with van der Waals surface area (Å²) in [5, 5.41) is 26.7. The largest absolute Gasteiger partial charge is 0.496 e. The highest BCUT2D eigenvalue weighted by atomic mass is 28.4. The topological polar surface area (TPSA) is 163 Å². The average Bonchev–Trinajstić information content (AvgIpc) is 4.22. The zero-order valence-electron chi connectivity index (χ0n) is 46.3. The molecule has 0 amide bonds. The number of methoxy groups -OCH3 is 3. The van der Waals surface area contributed by atoms with E-state index in [1.807, 2.05) is 68.6 Å². The Morgan fingerprint density at radius 2 is 1.68 bits per heavy atom. The van der Waals surface area contributed by atoms with E-state index in [1.165, 1.54) is 14.2 Å². The molecule has 1 aromatic heterocycles. The number of likely N-dealkylation sites (N-methyl/N-ethyl adjacent to an activating group) is 1. The first kappa shape index (κ1) is 54.3. The summed E-state index contributed by atoms with van der Waals surface area (Å²) < 4.78 is 31.6. The Bertz CT molecular complexity index is 2830. The number of piperidine rings is 1. The maximum absolute atomic E-state index is 15.2. The van der Waals surface area contributed by atoms with Crippen molar-refractivity contribution in [3.63, 3.8) is 0 Å². The lowest BCUT2D eigenvalue weighted by atomic mass is 9.47. The van der Waals surface area contributed by atoms with E-state index in [0.29, 0.717) is 81.1 Å². The van der Waals surface area contributed by atoms with E-state index >= 15 is 9.59 Å². The Kier molecular flexibility index (Phi) is 15.0. The van der Waals surface area contributed by atoms with Crippen LogP contribution in [-0.2, 0) is 56.9 Å². The van der Waals surface area contributed by atoms with Gasteiger partial charge in [-0.1, -0.05) is 101 Å². The van der Waals surface area contributed by atoms with Crippen molar-refractivity contribution in [1.29, 1.82) is 0 Å². The van der Waals surface area contributed by atoms with Crippen molar-refractivity contribution in [1.82, 2.24) is 14.8 Å². The van der Waals surface area contributed by atoms with Crippen molar-refractivity contribution < 1.29 is 48.0 Å². The standard InChI is InChI=1S/C61H82N4O10Si/c1-9-58(69)37-41(3)38-64(40-58)30-26-44-43-23-14-15-24-47(43)62-51(44)57(4,55(67)72-7)46-35-45-48(36-49(46)71-6)63(5)53-60(45)28-31-65-29-20-27-59(10-2,52(60)65)54(61(53,70)56(68)73-8)75-76(33-18-19-34-76)32-17-16-25-50(66)74-39-42-21-12-11-13-22-42/h11-15,20-24,27,35-36,41,52-54,62,69-70H,9-10,16-19,25-26,28-34,37-40H2,1-8H3/t41?,52-,53+,54+,57-,58-,59+,60+,61-/m0/s1. The SMILES string of the molecule is CC[C@]1(O)CC(C)CN(CCc2c([C@@](C)(C(=O)OC)c3cc4c(cc3OC)N(C)[C@H]3[C@@](O)(C(=O)OC)[C@H](O[Si]5(CCCCC(=O)OCc6ccccc6)CCCC5)[C@]5(CC)C=CCN6CC[C@]43[C@@H]65)[nH]c3ccccc23)C1. The molecular formula is C61H82N4O10Si. The van der Waals surface area contributed by atoms with Gasteiger partial charge in [0.05, 0.1) is 39.1 Å². The highest BCUT2D eigenvalue weighted by Gasteiger charge is 2.80. The van der Waals surface area contributed by atoms with E-state index in [4.69, 9.17) is 23.4 Å². The van der Waals surface area contributed by atoms with Crippen LogP contribution in [0.3, 0.4) is 0 Å². The van der Waals surface area contributed by atoms with Gasteiger partial charge in [0.2, 0.25) is 5.60 Å². The molecule has 14 nitrogen and oxygen atoms in total. The maximum Gasteiger partial charge on any atom is 0.342 e. The van der Waals surface area contributed by atoms with Crippen LogP contribution in [0, 0.1) is 11.3 Å². The zero-order chi connectivity index (χ0) is 53.8. The highest BCUT2D eigenvalue weighted by Crippen LogP contribution is 2.68. The summed E-state index contributed by atoms with van der Waals surface area (Å²) in [6, 6.07) is 23.6. The van der Waals surface area contributed by atoms with Gasteiger partial charge in [0.1, 0.15) is 17.8 Å². The number of benzene rings is 3. The first-order valence-corrected chi connectivity index (χ1v) is 30.7. The van der Waals surface area contributed by atoms with E-state index in [-0.39, 0.29) is 18.6 Å². The molecule has 76 heavy (non-hydrogen) atoms. The van der Waals surface area contributed by atoms with Crippen LogP contribution >= 0.6 is 0 Å². The van der Waals surface area contributed by atoms with Gasteiger partial charge < -0.3 is 43.5 Å². The lowest BCUT2D eigenvalue weighted by molar-refractivity contribution is -0.214. The fourth-order valence-electron chi connectivity index (χ4n) is 16.0. The van der Waals surface area contributed by atoms with Crippen LogP contribution in [0.1, 0.15) is 113 Å². The second kappa shape index (κ2) is 21.0. The average molecular weight is 1060 g/mol. The summed E-state index contributed by atoms with van der Waals surface area (Å²) in [7, 11) is 3.74. The number of rotatable bonds is 19. The molecule has 410 valence electrons. The van der Waals surface area contributed by atoms with Crippen LogP contribution in [0.5, 0.6) is 5.75 Å². The summed E-state index contributed by atoms with van der Waals surface area (Å²) in [4.78, 5) is 54.0. The molecular weight excluding hydrogens is 977 g/mol. The van der Waals surface area contributed by atoms with Crippen LogP contribution in [0.25, 0.3) is 10.9 Å². The number of unbranched alkanes of at least 4 members (excludes halogenated alkanes) is 1. The van der Waals surface area contributed by atoms with Gasteiger partial charge in [0.15, 0.2) is 8.32 Å². The van der Waals surface area contributed by atoms with E-state index in [9.17, 15) is 15.0 Å². The molecule has 6 aliphatic rings. The number of hydrogen-bond acceptors (Lipinski definition) is 13. The number of aliphatic hydroxyl groups is 2. The number of aromatic nitrogens is 1. The molecule has 0 radical (unpaired) electrons. The Morgan fingerprint density at radius 1 is 0.934 bits per heavy atom. The molecule has 9 atom stereocenters. The lowest BCUT2D eigenvalue weighted by Gasteiger charge is -2.65. The quantitative estimate of drug-likeness (QED) is 0.0269. The number of H-pyrrole nitrogens is 1. The molecule has 3 saturated heterocycles. The number of fused-ring (bicyclic) bond motifs is 2. The van der Waals surface area contributed by atoms with Gasteiger partial charge in [-0.2, -0.15) is 0 Å². The Morgan fingerprint density at radius 3 is 2.39 bits per heavy atom. The molecule has 4 aromatic rings. The molecule has 0 bridgehead atoms. The van der Waals surface area contributed by atoms with Gasteiger partial charge in [-0.3, -0.25) is 19.4 Å². The highest BCUT2D eigenvalue weighted by molar-refractivity contribution is 6.74. The van der Waals surface area contributed by atoms with Crippen LogP contribution < -0.4 is 9.64 Å². The van der Waals surface area contributed by atoms with Gasteiger partial charge in [-0.15, -0.1) is 0 Å². The third-order valence-corrected chi connectivity index (χ3v) is 24.0. The number of likely N-dealkylation sites (tertiary alicyclic amines) is 1. The van der Waals surface area contributed by atoms with Crippen LogP contribution in [0.4, 0.5) is 5.69 Å². The summed E-state index contributed by atoms with van der Waals surface area (Å²) in [6.45, 7) is 12.2. The minimum absolute atomic E-state index is 0.201. The molecule has 1 saturated carbocycles. The van der Waals surface area contributed by atoms with Crippen molar-refractivity contribution in [2.75, 3.05) is 66.0 Å². The Labute approximate surface area is 450 Å². The summed E-state index contributed by atoms with van der Waals surface area (Å²) in [6.07, 6.45) is 10.6. The number of anilines is 1. The number of carbonyl (C=O) groups excluding carboxylic acids is 3. The zero-order valence-corrected chi connectivity index (χ0v) is 47.3. The van der Waals surface area contributed by atoms with Crippen LogP contribution in [0.2, 0.25) is 18.1 Å². The Hall–Kier alpha value is -5.03. The molecule has 6 heterocycles. The second-order valence-electron chi connectivity index (χ2n) is 23.7. The van der Waals surface area contributed by atoms with Gasteiger partial charge in [0.25, 0.3) is 0 Å². The van der Waals surface area contributed by atoms with E-state index in [0.717, 1.165) is 90.2 Å². The normalized spacial score (nSPS) is 30.4. The predicted molar refractivity (Wildman–Crippen MR) is 296 cm³/mol. The van der Waals surface area contributed by atoms with E-state index in [1.54, 1.807) is 7.11 Å². The fourth-order valence-corrected chi connectivity index (χ4v) is 20.7. The van der Waals surface area contributed by atoms with Crippen molar-refractivity contribution in [2.24, 2.45) is 11.3 Å². The molecule has 3 N–H and O–H groups in total. The number of β-amino-alcohol motifs (C(OH)–C–C–N with tert-alkyl or cyclic N) is 1. The first-order valence-electron chi connectivity index (χ1n) is 28.2. The number of aromatic amines is 1. The number of esters is 3. The number of nitrogens with zero attached hydrogens (tertiary/aromatic N) is 3. The molecule has 5 aliphatic heterocycles. The van der Waals surface area contributed by atoms with E-state index < -0.39 is 59.8 Å². The number of para-hydroxylation sites is 1. The van der Waals surface area contributed by atoms with Crippen molar-refractivity contribution >= 4 is 42.8 Å². The molecule has 15 heteroatoms. The third kappa shape index (κ3) is 8.74. The molecule has 10 rings (SSSR count). The number of ether oxygens (including phenoxy) is 4. The van der Waals surface area contributed by atoms with E-state index in [2.05, 4.69) is 64.7 Å². The van der Waals surface area contributed by atoms with Gasteiger partial charge in [-0.25, -0.2) is 4.79 Å². The van der Waals surface area contributed by atoms with Crippen LogP contribution in [-0.4, -0.2) is 142 Å². The first-order chi connectivity index (χ1) is 36.5. The minimum atomic E-state index is -2.66. The van der Waals surface area contributed by atoms with Crippen molar-refractivity contribution in [3.8, 4) is 5.75 Å². The summed E-state index contributed by atoms with van der Waals surface area (Å²) in [5.74, 6) is -0.586. The molecule has 1 unspecified atom stereocenters. The molecule has 1 aliphatic carbocycles. The van der Waals surface area contributed by atoms with Crippen LogP contribution in [0.15, 0.2) is 78.9 Å². The molecule has 3 aromatic carbocycles. The number of hydrogen-bond donors (Lipinski definition) is 3. The second-order valence-corrected chi connectivity index (χ2v) is 27.8. The number of carbonyl (C=O) groups is 3. The molecule has 1 spiro atoms. The summed E-state index contributed by atoms with van der Waals surface area (Å²) in [5.41, 5.74) is -0.0568. The minimum Gasteiger partial charge on any atom is -0.496 e. The van der Waals surface area contributed by atoms with Gasteiger partial charge >= 0.3 is 17.9 Å². The smallest absolute Gasteiger partial charge is 0.342 e. The predicted octanol–water partition coefficient (Wildman–Crippen LogP) is 8.73. The number of nitrogens with one attached hydrogen (secondary N) is 1. The summed E-state index contributed by atoms with van der Waals surface area (Å²) >= 11 is 0. The fraction of sp³-hybridized carbons (Fsp3) is 0.590. The van der Waals surface area contributed by atoms with Gasteiger partial charge in [-0.05, 0) is 105 Å². The third-order valence-electron chi connectivity index (χ3n) is 19.4. The maximum atomic E-state index is 15.2. The van der Waals surface area contributed by atoms with Gasteiger partial charge in [0, 0.05) is 90.4 Å².